The van der Waals surface area contributed by atoms with Crippen molar-refractivity contribution in [2.75, 3.05) is 11.4 Å². The molecule has 2 aliphatic rings. The third-order valence-corrected chi connectivity index (χ3v) is 5.45. The maximum Gasteiger partial charge on any atom is 0.237 e. The van der Waals surface area contributed by atoms with Crippen LogP contribution in [0.4, 0.5) is 5.69 Å². The minimum Gasteiger partial charge on any atom is -0.351 e. The molecule has 5 nitrogen and oxygen atoms in total. The van der Waals surface area contributed by atoms with Gasteiger partial charge in [-0.15, -0.1) is 12.4 Å². The fourth-order valence-electron chi connectivity index (χ4n) is 3.93. The van der Waals surface area contributed by atoms with Crippen molar-refractivity contribution in [2.24, 2.45) is 0 Å². The van der Waals surface area contributed by atoms with E-state index in [0.29, 0.717) is 13.0 Å². The van der Waals surface area contributed by atoms with Gasteiger partial charge in [0.05, 0.1) is 6.04 Å². The van der Waals surface area contributed by atoms with Crippen molar-refractivity contribution in [3.63, 3.8) is 0 Å². The van der Waals surface area contributed by atoms with Gasteiger partial charge in [-0.2, -0.15) is 0 Å². The van der Waals surface area contributed by atoms with Crippen LogP contribution in [0.5, 0.6) is 0 Å². The monoisotopic (exact) mass is 399 g/mol. The Bertz CT molecular complexity index is 810. The average molecular weight is 400 g/mol. The molecule has 148 valence electrons. The fourth-order valence-corrected chi connectivity index (χ4v) is 3.93. The maximum atomic E-state index is 12.5. The van der Waals surface area contributed by atoms with Crippen LogP contribution in [0, 0.1) is 0 Å². The lowest BCUT2D eigenvalue weighted by atomic mass is 10.1. The molecule has 0 spiro atoms. The summed E-state index contributed by atoms with van der Waals surface area (Å²) in [7, 11) is 0. The molecule has 2 fully saturated rings. The van der Waals surface area contributed by atoms with E-state index < -0.39 is 0 Å². The van der Waals surface area contributed by atoms with Crippen molar-refractivity contribution in [1.82, 2.24) is 10.6 Å². The fraction of sp³-hybridized carbons (Fsp3) is 0.364. The molecule has 2 heterocycles. The molecular formula is C22H26ClN3O2. The molecule has 0 radical (unpaired) electrons. The second kappa shape index (κ2) is 9.22. The summed E-state index contributed by atoms with van der Waals surface area (Å²) in [5, 5.41) is 6.47. The Morgan fingerprint density at radius 3 is 2.50 bits per heavy atom. The van der Waals surface area contributed by atoms with Crippen LogP contribution in [0.1, 0.15) is 42.9 Å². The minimum absolute atomic E-state index is 0. The highest BCUT2D eigenvalue weighted by Crippen LogP contribution is 2.26. The number of carbonyl (C=O) groups excluding carboxylic acids is 2. The Morgan fingerprint density at radius 1 is 1.07 bits per heavy atom. The SMILES string of the molecule is Cl.O=C(NCc1ccc(N2CCCC2=O)cc1)[C@H]1CC[C@H](c2ccccc2)N1. The smallest absolute Gasteiger partial charge is 0.237 e. The summed E-state index contributed by atoms with van der Waals surface area (Å²) < 4.78 is 0. The molecule has 0 saturated carbocycles. The molecule has 0 aromatic heterocycles. The molecule has 0 unspecified atom stereocenters. The predicted molar refractivity (Wildman–Crippen MR) is 112 cm³/mol. The van der Waals surface area contributed by atoms with E-state index in [1.54, 1.807) is 0 Å². The summed E-state index contributed by atoms with van der Waals surface area (Å²) in [6, 6.07) is 18.3. The molecule has 2 saturated heterocycles. The lowest BCUT2D eigenvalue weighted by Gasteiger charge is -2.17. The van der Waals surface area contributed by atoms with Gasteiger partial charge in [0.2, 0.25) is 11.8 Å². The third kappa shape index (κ3) is 4.54. The zero-order valence-corrected chi connectivity index (χ0v) is 16.6. The summed E-state index contributed by atoms with van der Waals surface area (Å²) >= 11 is 0. The lowest BCUT2D eigenvalue weighted by molar-refractivity contribution is -0.123. The topological polar surface area (TPSA) is 61.4 Å². The van der Waals surface area contributed by atoms with E-state index in [1.807, 2.05) is 47.4 Å². The number of benzene rings is 2. The first kappa shape index (κ1) is 20.4. The number of anilines is 1. The van der Waals surface area contributed by atoms with E-state index in [-0.39, 0.29) is 36.3 Å². The van der Waals surface area contributed by atoms with Gasteiger partial charge in [-0.3, -0.25) is 14.9 Å². The summed E-state index contributed by atoms with van der Waals surface area (Å²) in [5.41, 5.74) is 3.21. The number of amides is 2. The molecular weight excluding hydrogens is 374 g/mol. The summed E-state index contributed by atoms with van der Waals surface area (Å²) in [6.45, 7) is 1.30. The van der Waals surface area contributed by atoms with E-state index in [1.165, 1.54) is 5.56 Å². The molecule has 2 aliphatic heterocycles. The van der Waals surface area contributed by atoms with Crippen molar-refractivity contribution in [2.45, 2.75) is 44.3 Å². The van der Waals surface area contributed by atoms with Crippen LogP contribution in [0.2, 0.25) is 0 Å². The van der Waals surface area contributed by atoms with Gasteiger partial charge in [-0.05, 0) is 42.5 Å². The first-order valence-corrected chi connectivity index (χ1v) is 9.69. The quantitative estimate of drug-likeness (QED) is 0.810. The van der Waals surface area contributed by atoms with Crippen LogP contribution >= 0.6 is 12.4 Å². The Kier molecular flexibility index (Phi) is 6.70. The van der Waals surface area contributed by atoms with E-state index in [4.69, 9.17) is 0 Å². The zero-order valence-electron chi connectivity index (χ0n) is 15.8. The molecule has 28 heavy (non-hydrogen) atoms. The van der Waals surface area contributed by atoms with Gasteiger partial charge in [0.15, 0.2) is 0 Å². The Hall–Kier alpha value is -2.37. The van der Waals surface area contributed by atoms with Crippen molar-refractivity contribution in [1.29, 1.82) is 0 Å². The number of nitrogens with zero attached hydrogens (tertiary/aromatic N) is 1. The number of hydrogen-bond donors (Lipinski definition) is 2. The summed E-state index contributed by atoms with van der Waals surface area (Å²) in [5.74, 6) is 0.239. The van der Waals surface area contributed by atoms with Gasteiger partial charge < -0.3 is 10.2 Å². The highest BCUT2D eigenvalue weighted by Gasteiger charge is 2.29. The van der Waals surface area contributed by atoms with Crippen LogP contribution in [0.15, 0.2) is 54.6 Å². The standard InChI is InChI=1S/C22H25N3O2.ClH/c26-21-7-4-14-25(21)18-10-8-16(9-11-18)15-23-22(27)20-13-12-19(24-20)17-5-2-1-3-6-17;/h1-3,5-6,8-11,19-20,24H,4,7,12-15H2,(H,23,27);1H/t19-,20-;/m1./s1. The molecule has 2 aromatic carbocycles. The number of halogens is 1. The molecule has 0 bridgehead atoms. The minimum atomic E-state index is -0.142. The Balaban J connectivity index is 0.00000225. The van der Waals surface area contributed by atoms with Crippen molar-refractivity contribution < 1.29 is 9.59 Å². The van der Waals surface area contributed by atoms with Crippen LogP contribution in [0.25, 0.3) is 0 Å². The molecule has 2 atom stereocenters. The Labute approximate surface area is 171 Å². The van der Waals surface area contributed by atoms with Crippen LogP contribution in [0.3, 0.4) is 0 Å². The number of nitrogens with one attached hydrogen (secondary N) is 2. The largest absolute Gasteiger partial charge is 0.351 e. The van der Waals surface area contributed by atoms with E-state index in [9.17, 15) is 9.59 Å². The van der Waals surface area contributed by atoms with E-state index in [2.05, 4.69) is 22.8 Å². The zero-order chi connectivity index (χ0) is 18.6. The normalized spacial score (nSPS) is 21.4. The number of rotatable bonds is 5. The molecule has 4 rings (SSSR count). The van der Waals surface area contributed by atoms with Crippen LogP contribution in [-0.4, -0.2) is 24.4 Å². The molecule has 0 aliphatic carbocycles. The second-order valence-electron chi connectivity index (χ2n) is 7.29. The number of hydrogen-bond acceptors (Lipinski definition) is 3. The first-order chi connectivity index (χ1) is 13.2. The average Bonchev–Trinajstić information content (AvgIpc) is 3.37. The van der Waals surface area contributed by atoms with Gasteiger partial charge in [-0.25, -0.2) is 0 Å². The first-order valence-electron chi connectivity index (χ1n) is 9.69. The highest BCUT2D eigenvalue weighted by molar-refractivity contribution is 5.95. The van der Waals surface area contributed by atoms with Gasteiger partial charge >= 0.3 is 0 Å². The molecule has 2 aromatic rings. The van der Waals surface area contributed by atoms with Crippen LogP contribution < -0.4 is 15.5 Å². The second-order valence-corrected chi connectivity index (χ2v) is 7.29. The number of carbonyl (C=O) groups is 2. The Morgan fingerprint density at radius 2 is 1.82 bits per heavy atom. The van der Waals surface area contributed by atoms with Gasteiger partial charge in [0.25, 0.3) is 0 Å². The summed E-state index contributed by atoms with van der Waals surface area (Å²) in [6.07, 6.45) is 3.38. The van der Waals surface area contributed by atoms with E-state index in [0.717, 1.165) is 37.1 Å². The third-order valence-electron chi connectivity index (χ3n) is 5.45. The molecule has 2 N–H and O–H groups in total. The van der Waals surface area contributed by atoms with Gasteiger partial charge in [0, 0.05) is 31.2 Å². The van der Waals surface area contributed by atoms with Crippen LogP contribution in [-0.2, 0) is 16.1 Å². The molecule has 2 amide bonds. The maximum absolute atomic E-state index is 12.5. The van der Waals surface area contributed by atoms with Crippen molar-refractivity contribution >= 4 is 29.9 Å². The van der Waals surface area contributed by atoms with Gasteiger partial charge in [0.1, 0.15) is 0 Å². The molecule has 6 heteroatoms. The van der Waals surface area contributed by atoms with Gasteiger partial charge in [-0.1, -0.05) is 42.5 Å². The van der Waals surface area contributed by atoms with Crippen molar-refractivity contribution in [3.05, 3.63) is 65.7 Å². The predicted octanol–water partition coefficient (Wildman–Crippen LogP) is 3.34. The lowest BCUT2D eigenvalue weighted by Crippen LogP contribution is -2.40. The van der Waals surface area contributed by atoms with Crippen molar-refractivity contribution in [3.8, 4) is 0 Å². The van der Waals surface area contributed by atoms with E-state index >= 15 is 0 Å². The summed E-state index contributed by atoms with van der Waals surface area (Å²) in [4.78, 5) is 26.1. The highest BCUT2D eigenvalue weighted by atomic mass is 35.5.